The first-order valence-electron chi connectivity index (χ1n) is 7.58. The van der Waals surface area contributed by atoms with E-state index in [1.807, 2.05) is 55.1 Å². The van der Waals surface area contributed by atoms with E-state index in [1.165, 1.54) is 0 Å². The van der Waals surface area contributed by atoms with Gasteiger partial charge in [0.1, 0.15) is 12.6 Å². The van der Waals surface area contributed by atoms with Gasteiger partial charge in [-0.2, -0.15) is 0 Å². The number of hydrogen-bond acceptors (Lipinski definition) is 1. The Bertz CT molecular complexity index is 1150. The zero-order valence-electron chi connectivity index (χ0n) is 13.3. The van der Waals surface area contributed by atoms with Gasteiger partial charge in [0.25, 0.3) is 0 Å². The molecule has 24 heavy (non-hydrogen) atoms. The molecule has 0 aliphatic rings. The van der Waals surface area contributed by atoms with Crippen LogP contribution in [-0.2, 0) is 7.05 Å². The Kier molecular flexibility index (Phi) is 3.10. The van der Waals surface area contributed by atoms with E-state index in [-0.39, 0.29) is 11.4 Å². The summed E-state index contributed by atoms with van der Waals surface area (Å²) in [5, 5.41) is 1.56. The highest BCUT2D eigenvalue weighted by molar-refractivity contribution is 6.07. The number of hydrogen-bond donors (Lipinski definition) is 0. The number of pyridine rings is 1. The Morgan fingerprint density at radius 3 is 2.71 bits per heavy atom. The first-order chi connectivity index (χ1) is 11.6. The number of nitrogens with zero attached hydrogens (tertiary/aromatic N) is 2. The zero-order valence-corrected chi connectivity index (χ0v) is 13.3. The van der Waals surface area contributed by atoms with Gasteiger partial charge in [-0.3, -0.25) is 0 Å². The molecular formula is C20H14FN2O+. The van der Waals surface area contributed by atoms with Gasteiger partial charge in [-0.15, -0.1) is 0 Å². The molecule has 0 bridgehead atoms. The van der Waals surface area contributed by atoms with Gasteiger partial charge in [0.15, 0.2) is 23.3 Å². The summed E-state index contributed by atoms with van der Waals surface area (Å²) in [5.74, 6) is -0.368. The van der Waals surface area contributed by atoms with E-state index in [9.17, 15) is 0 Å². The number of furan rings is 1. The monoisotopic (exact) mass is 317 g/mol. The second-order valence-electron chi connectivity index (χ2n) is 5.85. The van der Waals surface area contributed by atoms with Gasteiger partial charge in [-0.1, -0.05) is 12.1 Å². The molecule has 0 saturated heterocycles. The zero-order chi connectivity index (χ0) is 16.8. The van der Waals surface area contributed by atoms with Crippen molar-refractivity contribution in [3.63, 3.8) is 0 Å². The Hall–Kier alpha value is -3.19. The number of aromatic nitrogens is 1. The Morgan fingerprint density at radius 2 is 1.96 bits per heavy atom. The highest BCUT2D eigenvalue weighted by atomic mass is 19.1. The van der Waals surface area contributed by atoms with Crippen LogP contribution in [0.25, 0.3) is 38.0 Å². The molecule has 4 aromatic rings. The number of halogens is 1. The van der Waals surface area contributed by atoms with Crippen LogP contribution >= 0.6 is 0 Å². The van der Waals surface area contributed by atoms with Crippen LogP contribution in [0.4, 0.5) is 10.1 Å². The van der Waals surface area contributed by atoms with Crippen LogP contribution in [0.3, 0.4) is 0 Å². The molecule has 2 heterocycles. The number of aryl methyl sites for hydroxylation is 2. The van der Waals surface area contributed by atoms with Gasteiger partial charge < -0.3 is 4.42 Å². The van der Waals surface area contributed by atoms with Gasteiger partial charge in [-0.05, 0) is 30.7 Å². The number of fused-ring (bicyclic) bond motifs is 3. The van der Waals surface area contributed by atoms with Crippen LogP contribution in [0, 0.1) is 19.3 Å². The average molecular weight is 317 g/mol. The topological polar surface area (TPSA) is 21.4 Å². The van der Waals surface area contributed by atoms with E-state index in [4.69, 9.17) is 11.0 Å². The van der Waals surface area contributed by atoms with Crippen molar-refractivity contribution in [2.45, 2.75) is 6.92 Å². The van der Waals surface area contributed by atoms with E-state index < -0.39 is 0 Å². The normalized spacial score (nSPS) is 11.1. The maximum absolute atomic E-state index is 15.2. The summed E-state index contributed by atoms with van der Waals surface area (Å²) < 4.78 is 22.9. The predicted molar refractivity (Wildman–Crippen MR) is 91.3 cm³/mol. The summed E-state index contributed by atoms with van der Waals surface area (Å²) in [4.78, 5) is 3.40. The molecule has 0 fully saturated rings. The van der Waals surface area contributed by atoms with Gasteiger partial charge in [0.05, 0.1) is 12.1 Å². The Balaban J connectivity index is 2.10. The molecule has 2 aromatic carbocycles. The van der Waals surface area contributed by atoms with Gasteiger partial charge in [0, 0.05) is 22.9 Å². The molecule has 0 N–H and O–H groups in total. The minimum Gasteiger partial charge on any atom is -0.454 e. The molecule has 4 heteroatoms. The summed E-state index contributed by atoms with van der Waals surface area (Å²) in [6.07, 6.45) is 1.89. The summed E-state index contributed by atoms with van der Waals surface area (Å²) >= 11 is 0. The van der Waals surface area contributed by atoms with Crippen molar-refractivity contribution in [1.82, 2.24) is 0 Å². The molecule has 0 spiro atoms. The van der Waals surface area contributed by atoms with Crippen molar-refractivity contribution >= 4 is 27.6 Å². The van der Waals surface area contributed by atoms with Gasteiger partial charge in [0.2, 0.25) is 5.69 Å². The van der Waals surface area contributed by atoms with E-state index in [1.54, 1.807) is 12.1 Å². The standard InChI is InChI=1S/C20H14FN2O/c1-12-10-15-14-8-7-13(22-2)11-17(14)24-20(15)19(21)18(12)16-6-4-5-9-23(16)3/h4-11H,1,3H3/q+1. The smallest absolute Gasteiger partial charge is 0.215 e. The lowest BCUT2D eigenvalue weighted by Gasteiger charge is -2.06. The van der Waals surface area contributed by atoms with Gasteiger partial charge in [-0.25, -0.2) is 13.8 Å². The molecule has 116 valence electrons. The summed E-state index contributed by atoms with van der Waals surface area (Å²) in [7, 11) is 1.89. The minimum atomic E-state index is -0.368. The van der Waals surface area contributed by atoms with Crippen LogP contribution in [0.5, 0.6) is 0 Å². The van der Waals surface area contributed by atoms with Crippen LogP contribution in [0.1, 0.15) is 5.56 Å². The minimum absolute atomic E-state index is 0.233. The van der Waals surface area contributed by atoms with E-state index in [2.05, 4.69) is 4.85 Å². The molecule has 0 unspecified atom stereocenters. The van der Waals surface area contributed by atoms with Crippen LogP contribution < -0.4 is 4.57 Å². The highest BCUT2D eigenvalue weighted by Gasteiger charge is 2.22. The van der Waals surface area contributed by atoms with E-state index in [0.717, 1.165) is 22.0 Å². The molecule has 0 atom stereocenters. The van der Waals surface area contributed by atoms with Crippen molar-refractivity contribution in [3.8, 4) is 11.3 Å². The molecular weight excluding hydrogens is 303 g/mol. The van der Waals surface area contributed by atoms with Crippen LogP contribution in [0.15, 0.2) is 53.1 Å². The third-order valence-corrected chi connectivity index (χ3v) is 4.33. The summed E-state index contributed by atoms with van der Waals surface area (Å²) in [5.41, 5.74) is 3.42. The molecule has 0 amide bonds. The van der Waals surface area contributed by atoms with Crippen molar-refractivity contribution in [2.75, 3.05) is 0 Å². The summed E-state index contributed by atoms with van der Waals surface area (Å²) in [6.45, 7) is 9.01. The third-order valence-electron chi connectivity index (χ3n) is 4.33. The van der Waals surface area contributed by atoms with Crippen molar-refractivity contribution in [3.05, 3.63) is 71.5 Å². The Labute approximate surface area is 138 Å². The fraction of sp³-hybridized carbons (Fsp3) is 0.100. The largest absolute Gasteiger partial charge is 0.454 e. The quantitative estimate of drug-likeness (QED) is 0.354. The maximum atomic E-state index is 15.2. The van der Waals surface area contributed by atoms with E-state index >= 15 is 4.39 Å². The second kappa shape index (κ2) is 5.17. The number of benzene rings is 2. The molecule has 0 saturated carbocycles. The molecule has 4 rings (SSSR count). The van der Waals surface area contributed by atoms with E-state index in [0.29, 0.717) is 16.8 Å². The highest BCUT2D eigenvalue weighted by Crippen LogP contribution is 2.37. The lowest BCUT2D eigenvalue weighted by atomic mass is 10.0. The SMILES string of the molecule is [C-]#[N+]c1ccc2c(c1)oc1c(F)c(-c3cccc[n+]3C)c(C)cc12. The molecule has 0 radical (unpaired) electrons. The second-order valence-corrected chi connectivity index (χ2v) is 5.85. The molecule has 0 aliphatic carbocycles. The molecule has 3 nitrogen and oxygen atoms in total. The van der Waals surface area contributed by atoms with Crippen molar-refractivity contribution in [2.24, 2.45) is 7.05 Å². The maximum Gasteiger partial charge on any atom is 0.215 e. The molecule has 2 aromatic heterocycles. The number of rotatable bonds is 1. The average Bonchev–Trinajstić information content (AvgIpc) is 2.94. The first-order valence-corrected chi connectivity index (χ1v) is 7.58. The lowest BCUT2D eigenvalue weighted by Crippen LogP contribution is -2.30. The Morgan fingerprint density at radius 1 is 1.12 bits per heavy atom. The fourth-order valence-electron chi connectivity index (χ4n) is 3.15. The lowest BCUT2D eigenvalue weighted by molar-refractivity contribution is -0.660. The predicted octanol–water partition coefficient (Wildman–Crippen LogP) is 5.08. The van der Waals surface area contributed by atoms with Crippen molar-refractivity contribution in [1.29, 1.82) is 0 Å². The van der Waals surface area contributed by atoms with Crippen LogP contribution in [0.2, 0.25) is 0 Å². The van der Waals surface area contributed by atoms with Gasteiger partial charge >= 0.3 is 0 Å². The molecule has 0 aliphatic heterocycles. The summed E-state index contributed by atoms with van der Waals surface area (Å²) in [6, 6.07) is 12.8. The first kappa shape index (κ1) is 14.4. The third kappa shape index (κ3) is 1.99. The fourth-order valence-corrected chi connectivity index (χ4v) is 3.15. The van der Waals surface area contributed by atoms with Crippen molar-refractivity contribution < 1.29 is 13.4 Å². The van der Waals surface area contributed by atoms with Crippen LogP contribution in [-0.4, -0.2) is 0 Å².